The van der Waals surface area contributed by atoms with Gasteiger partial charge >= 0.3 is 0 Å². The van der Waals surface area contributed by atoms with E-state index in [0.29, 0.717) is 0 Å². The summed E-state index contributed by atoms with van der Waals surface area (Å²) in [6.07, 6.45) is 4.67. The first-order valence-electron chi connectivity index (χ1n) is 6.66. The Morgan fingerprint density at radius 2 is 1.83 bits per heavy atom. The van der Waals surface area contributed by atoms with Crippen LogP contribution in [-0.4, -0.2) is 0 Å². The number of fused-ring (bicyclic) bond motifs is 1. The lowest BCUT2D eigenvalue weighted by atomic mass is 9.95. The summed E-state index contributed by atoms with van der Waals surface area (Å²) in [5, 5.41) is 0. The van der Waals surface area contributed by atoms with E-state index in [1.54, 1.807) is 5.57 Å². The molecule has 3 rings (SSSR count). The molecular formula is C18H18. The van der Waals surface area contributed by atoms with Crippen molar-refractivity contribution in [3.63, 3.8) is 0 Å². The fourth-order valence-corrected chi connectivity index (χ4v) is 2.77. The molecule has 1 aliphatic rings. The average Bonchev–Trinajstić information content (AvgIpc) is 2.81. The predicted octanol–water partition coefficient (Wildman–Crippen LogP) is 5.01. The van der Waals surface area contributed by atoms with Crippen LogP contribution in [0.1, 0.15) is 30.0 Å². The molecule has 0 nitrogen and oxygen atoms in total. The summed E-state index contributed by atoms with van der Waals surface area (Å²) in [6.45, 7) is 4.43. The Kier molecular flexibility index (Phi) is 2.79. The summed E-state index contributed by atoms with van der Waals surface area (Å²) in [5.41, 5.74) is 8.54. The summed E-state index contributed by atoms with van der Waals surface area (Å²) in [4.78, 5) is 0. The van der Waals surface area contributed by atoms with Gasteiger partial charge in [0.2, 0.25) is 0 Å². The zero-order valence-corrected chi connectivity index (χ0v) is 11.0. The van der Waals surface area contributed by atoms with Crippen LogP contribution in [0.4, 0.5) is 0 Å². The molecule has 0 spiro atoms. The summed E-state index contributed by atoms with van der Waals surface area (Å²) < 4.78 is 0. The number of aryl methyl sites for hydroxylation is 1. The molecule has 0 N–H and O–H groups in total. The lowest BCUT2D eigenvalue weighted by molar-refractivity contribution is 1.04. The monoisotopic (exact) mass is 234 g/mol. The molecule has 2 aromatic carbocycles. The summed E-state index contributed by atoms with van der Waals surface area (Å²) in [7, 11) is 0. The Morgan fingerprint density at radius 3 is 2.56 bits per heavy atom. The molecule has 18 heavy (non-hydrogen) atoms. The van der Waals surface area contributed by atoms with Crippen molar-refractivity contribution in [2.75, 3.05) is 0 Å². The predicted molar refractivity (Wildman–Crippen MR) is 78.6 cm³/mol. The van der Waals surface area contributed by atoms with Gasteiger partial charge in [0, 0.05) is 0 Å². The van der Waals surface area contributed by atoms with Crippen LogP contribution in [0, 0.1) is 6.92 Å². The number of rotatable bonds is 2. The summed E-state index contributed by atoms with van der Waals surface area (Å²) in [5.74, 6) is 0. The van der Waals surface area contributed by atoms with Crippen LogP contribution in [0.15, 0.2) is 48.0 Å². The molecule has 90 valence electrons. The molecule has 0 bridgehead atoms. The van der Waals surface area contributed by atoms with Crippen LogP contribution < -0.4 is 0 Å². The van der Waals surface area contributed by atoms with E-state index in [1.807, 2.05) is 0 Å². The zero-order valence-electron chi connectivity index (χ0n) is 11.0. The fourth-order valence-electron chi connectivity index (χ4n) is 2.77. The molecule has 0 heterocycles. The van der Waals surface area contributed by atoms with Crippen LogP contribution in [0.25, 0.3) is 17.2 Å². The molecule has 0 heteroatoms. The van der Waals surface area contributed by atoms with Gasteiger partial charge in [-0.05, 0) is 42.0 Å². The van der Waals surface area contributed by atoms with E-state index in [-0.39, 0.29) is 0 Å². The van der Waals surface area contributed by atoms with Gasteiger partial charge in [0.05, 0.1) is 0 Å². The minimum atomic E-state index is 1.13. The largest absolute Gasteiger partial charge is 0.0655 e. The van der Waals surface area contributed by atoms with Gasteiger partial charge in [0.1, 0.15) is 0 Å². The minimum Gasteiger partial charge on any atom is -0.0655 e. The highest BCUT2D eigenvalue weighted by Gasteiger charge is 2.16. The van der Waals surface area contributed by atoms with Gasteiger partial charge in [-0.2, -0.15) is 0 Å². The second-order valence-electron chi connectivity index (χ2n) is 5.08. The number of hydrogen-bond acceptors (Lipinski definition) is 0. The molecule has 2 aromatic rings. The lowest BCUT2D eigenvalue weighted by Crippen LogP contribution is -1.90. The summed E-state index contributed by atoms with van der Waals surface area (Å²) >= 11 is 0. The lowest BCUT2D eigenvalue weighted by Gasteiger charge is -2.09. The Bertz CT molecular complexity index is 603. The van der Waals surface area contributed by atoms with E-state index in [9.17, 15) is 0 Å². The van der Waals surface area contributed by atoms with Gasteiger partial charge in [-0.1, -0.05) is 66.6 Å². The maximum Gasteiger partial charge on any atom is -0.00576 e. The normalized spacial score (nSPS) is 13.3. The molecule has 0 aromatic heterocycles. The molecule has 0 fully saturated rings. The van der Waals surface area contributed by atoms with Crippen LogP contribution in [-0.2, 0) is 6.42 Å². The van der Waals surface area contributed by atoms with Crippen molar-refractivity contribution < 1.29 is 0 Å². The van der Waals surface area contributed by atoms with Gasteiger partial charge < -0.3 is 0 Å². The van der Waals surface area contributed by atoms with Crippen molar-refractivity contribution in [1.82, 2.24) is 0 Å². The first kappa shape index (κ1) is 11.3. The third kappa shape index (κ3) is 1.88. The highest BCUT2D eigenvalue weighted by Crippen LogP contribution is 2.35. The Morgan fingerprint density at radius 1 is 1.06 bits per heavy atom. The van der Waals surface area contributed by atoms with Gasteiger partial charge in [-0.3, -0.25) is 0 Å². The SMILES string of the molecule is CCC1=Cc2c(cc(C)cc2-c2ccccc2)C1. The van der Waals surface area contributed by atoms with Gasteiger partial charge in [0.25, 0.3) is 0 Å². The minimum absolute atomic E-state index is 1.13. The van der Waals surface area contributed by atoms with Crippen LogP contribution >= 0.6 is 0 Å². The van der Waals surface area contributed by atoms with Crippen molar-refractivity contribution in [2.24, 2.45) is 0 Å². The van der Waals surface area contributed by atoms with E-state index in [0.717, 1.165) is 12.8 Å². The second kappa shape index (κ2) is 4.45. The highest BCUT2D eigenvalue weighted by molar-refractivity contribution is 5.81. The van der Waals surface area contributed by atoms with E-state index >= 15 is 0 Å². The zero-order chi connectivity index (χ0) is 12.5. The van der Waals surface area contributed by atoms with Crippen molar-refractivity contribution >= 4 is 6.08 Å². The third-order valence-corrected chi connectivity index (χ3v) is 3.71. The Labute approximate surface area is 109 Å². The smallest absolute Gasteiger partial charge is 0.00576 e. The van der Waals surface area contributed by atoms with E-state index in [2.05, 4.69) is 62.4 Å². The molecule has 0 saturated carbocycles. The van der Waals surface area contributed by atoms with Crippen molar-refractivity contribution in [3.05, 3.63) is 64.7 Å². The van der Waals surface area contributed by atoms with Gasteiger partial charge in [-0.15, -0.1) is 0 Å². The van der Waals surface area contributed by atoms with E-state index in [4.69, 9.17) is 0 Å². The van der Waals surface area contributed by atoms with Crippen molar-refractivity contribution in [2.45, 2.75) is 26.7 Å². The standard InChI is InChI=1S/C18H18/c1-3-14-11-16-9-13(2)10-17(18(16)12-14)15-7-5-4-6-8-15/h4-10,12H,3,11H2,1-2H3. The van der Waals surface area contributed by atoms with Gasteiger partial charge in [0.15, 0.2) is 0 Å². The number of hydrogen-bond donors (Lipinski definition) is 0. The third-order valence-electron chi connectivity index (χ3n) is 3.71. The van der Waals surface area contributed by atoms with Crippen molar-refractivity contribution in [3.8, 4) is 11.1 Å². The van der Waals surface area contributed by atoms with Gasteiger partial charge in [-0.25, -0.2) is 0 Å². The Balaban J connectivity index is 2.19. The number of benzene rings is 2. The van der Waals surface area contributed by atoms with E-state index < -0.39 is 0 Å². The topological polar surface area (TPSA) is 0 Å². The second-order valence-corrected chi connectivity index (χ2v) is 5.08. The first-order valence-corrected chi connectivity index (χ1v) is 6.66. The number of allylic oxidation sites excluding steroid dienone is 1. The van der Waals surface area contributed by atoms with Crippen LogP contribution in [0.2, 0.25) is 0 Å². The maximum atomic E-state index is 2.39. The molecule has 0 saturated heterocycles. The summed E-state index contributed by atoms with van der Waals surface area (Å²) in [6, 6.07) is 15.4. The molecule has 0 amide bonds. The molecule has 0 atom stereocenters. The molecule has 0 radical (unpaired) electrons. The maximum absolute atomic E-state index is 2.39. The quantitative estimate of drug-likeness (QED) is 0.685. The molecule has 1 aliphatic carbocycles. The molecule has 0 aliphatic heterocycles. The van der Waals surface area contributed by atoms with Crippen LogP contribution in [0.5, 0.6) is 0 Å². The molecular weight excluding hydrogens is 216 g/mol. The molecule has 0 unspecified atom stereocenters. The van der Waals surface area contributed by atoms with E-state index in [1.165, 1.54) is 27.8 Å². The Hall–Kier alpha value is -1.82. The average molecular weight is 234 g/mol. The fraction of sp³-hybridized carbons (Fsp3) is 0.222. The highest BCUT2D eigenvalue weighted by atomic mass is 14.2. The first-order chi connectivity index (χ1) is 8.78. The van der Waals surface area contributed by atoms with Crippen LogP contribution in [0.3, 0.4) is 0 Å². The van der Waals surface area contributed by atoms with Crippen molar-refractivity contribution in [1.29, 1.82) is 0 Å².